The number of anilines is 1. The highest BCUT2D eigenvalue weighted by molar-refractivity contribution is 6.09. The number of aromatic amines is 1. The molecule has 10 heteroatoms. The Morgan fingerprint density at radius 3 is 2.82 bits per heavy atom. The Kier molecular flexibility index (Phi) is 6.70. The van der Waals surface area contributed by atoms with Crippen molar-refractivity contribution in [3.8, 4) is 5.75 Å². The Balaban J connectivity index is 1.03. The van der Waals surface area contributed by atoms with Gasteiger partial charge < -0.3 is 24.8 Å². The molecule has 38 heavy (non-hydrogen) atoms. The molecule has 6 rings (SSSR count). The van der Waals surface area contributed by atoms with Crippen LogP contribution in [0.3, 0.4) is 0 Å². The van der Waals surface area contributed by atoms with E-state index in [1.807, 2.05) is 23.4 Å². The number of fused-ring (bicyclic) bond motifs is 3. The van der Waals surface area contributed by atoms with Crippen LogP contribution in [0.4, 0.5) is 19.3 Å². The molecule has 2 saturated heterocycles. The van der Waals surface area contributed by atoms with Crippen molar-refractivity contribution >= 4 is 33.7 Å². The molecular weight excluding hydrogens is 490 g/mol. The van der Waals surface area contributed by atoms with Gasteiger partial charge in [-0.1, -0.05) is 0 Å². The Hall–Kier alpha value is -3.95. The SMILES string of the molecule is O=C(NC1CCN(c2ccnc3cnc4[nH]ccc4c23)CC1)N1CCCC(COc2ccc(F)cc2F)C1. The Labute approximate surface area is 219 Å². The highest BCUT2D eigenvalue weighted by atomic mass is 19.1. The van der Waals surface area contributed by atoms with Crippen molar-refractivity contribution in [3.63, 3.8) is 0 Å². The average molecular weight is 521 g/mol. The van der Waals surface area contributed by atoms with Gasteiger partial charge in [-0.2, -0.15) is 0 Å². The number of likely N-dealkylation sites (tertiary alicyclic amines) is 1. The zero-order valence-corrected chi connectivity index (χ0v) is 21.0. The van der Waals surface area contributed by atoms with E-state index in [4.69, 9.17) is 4.74 Å². The van der Waals surface area contributed by atoms with Crippen molar-refractivity contribution < 1.29 is 18.3 Å². The molecule has 2 aliphatic rings. The number of halogens is 2. The maximum atomic E-state index is 13.9. The number of amides is 2. The first kappa shape index (κ1) is 24.4. The fourth-order valence-corrected chi connectivity index (χ4v) is 5.62. The number of hydrogen-bond donors (Lipinski definition) is 2. The summed E-state index contributed by atoms with van der Waals surface area (Å²) in [6, 6.07) is 7.44. The number of carbonyl (C=O) groups is 1. The molecule has 0 aliphatic carbocycles. The molecule has 0 radical (unpaired) electrons. The topological polar surface area (TPSA) is 86.4 Å². The van der Waals surface area contributed by atoms with E-state index in [1.54, 1.807) is 6.20 Å². The normalized spacial score (nSPS) is 18.7. The first-order valence-corrected chi connectivity index (χ1v) is 13.1. The van der Waals surface area contributed by atoms with Crippen LogP contribution < -0.4 is 15.0 Å². The van der Waals surface area contributed by atoms with Crippen LogP contribution >= 0.6 is 0 Å². The number of urea groups is 1. The molecule has 4 aromatic rings. The fourth-order valence-electron chi connectivity index (χ4n) is 5.62. The largest absolute Gasteiger partial charge is 0.490 e. The van der Waals surface area contributed by atoms with Crippen LogP contribution in [0, 0.1) is 17.6 Å². The molecular formula is C28H30F2N6O2. The van der Waals surface area contributed by atoms with Gasteiger partial charge >= 0.3 is 6.03 Å². The second kappa shape index (κ2) is 10.4. The van der Waals surface area contributed by atoms with Crippen molar-refractivity contribution in [2.45, 2.75) is 31.7 Å². The molecule has 0 spiro atoms. The minimum atomic E-state index is -0.712. The third-order valence-corrected chi connectivity index (χ3v) is 7.61. The van der Waals surface area contributed by atoms with Crippen molar-refractivity contribution in [3.05, 3.63) is 60.6 Å². The van der Waals surface area contributed by atoms with Gasteiger partial charge in [0.05, 0.1) is 18.3 Å². The number of aromatic nitrogens is 3. The number of nitrogens with zero attached hydrogens (tertiary/aromatic N) is 4. The lowest BCUT2D eigenvalue weighted by atomic mass is 9.99. The summed E-state index contributed by atoms with van der Waals surface area (Å²) in [7, 11) is 0. The van der Waals surface area contributed by atoms with Gasteiger partial charge in [0.15, 0.2) is 11.6 Å². The van der Waals surface area contributed by atoms with E-state index in [2.05, 4.69) is 31.2 Å². The molecule has 2 aliphatic heterocycles. The summed E-state index contributed by atoms with van der Waals surface area (Å²) >= 11 is 0. The van der Waals surface area contributed by atoms with Gasteiger partial charge in [0, 0.05) is 73.1 Å². The van der Waals surface area contributed by atoms with Gasteiger partial charge in [-0.05, 0) is 49.9 Å². The number of nitrogens with one attached hydrogen (secondary N) is 2. The number of ether oxygens (including phenoxy) is 1. The maximum absolute atomic E-state index is 13.9. The molecule has 2 amide bonds. The van der Waals surface area contributed by atoms with Crippen LogP contribution in [-0.2, 0) is 0 Å². The molecule has 5 heterocycles. The molecule has 3 aromatic heterocycles. The Bertz CT molecular complexity index is 1450. The van der Waals surface area contributed by atoms with Crippen LogP contribution in [0.2, 0.25) is 0 Å². The average Bonchev–Trinajstić information content (AvgIpc) is 3.42. The van der Waals surface area contributed by atoms with Gasteiger partial charge in [-0.25, -0.2) is 18.6 Å². The number of hydrogen-bond acceptors (Lipinski definition) is 5. The van der Waals surface area contributed by atoms with E-state index in [1.165, 1.54) is 12.1 Å². The van der Waals surface area contributed by atoms with Gasteiger partial charge in [0.25, 0.3) is 0 Å². The summed E-state index contributed by atoms with van der Waals surface area (Å²) in [6.45, 7) is 3.19. The van der Waals surface area contributed by atoms with Crippen LogP contribution in [0.1, 0.15) is 25.7 Å². The number of carbonyl (C=O) groups excluding carboxylic acids is 1. The lowest BCUT2D eigenvalue weighted by Crippen LogP contribution is -2.52. The number of benzene rings is 1. The Morgan fingerprint density at radius 2 is 1.97 bits per heavy atom. The molecule has 1 aromatic carbocycles. The van der Waals surface area contributed by atoms with E-state index in [9.17, 15) is 13.6 Å². The van der Waals surface area contributed by atoms with Crippen molar-refractivity contribution in [2.24, 2.45) is 5.92 Å². The van der Waals surface area contributed by atoms with Crippen LogP contribution in [0.15, 0.2) is 48.9 Å². The lowest BCUT2D eigenvalue weighted by Gasteiger charge is -2.37. The predicted octanol–water partition coefficient (Wildman–Crippen LogP) is 4.86. The van der Waals surface area contributed by atoms with E-state index >= 15 is 0 Å². The fraction of sp³-hybridized carbons (Fsp3) is 0.393. The van der Waals surface area contributed by atoms with E-state index < -0.39 is 11.6 Å². The zero-order chi connectivity index (χ0) is 26.1. The molecule has 2 N–H and O–H groups in total. The van der Waals surface area contributed by atoms with Crippen LogP contribution in [0.5, 0.6) is 5.75 Å². The summed E-state index contributed by atoms with van der Waals surface area (Å²) in [5, 5.41) is 5.39. The smallest absolute Gasteiger partial charge is 0.317 e. The summed E-state index contributed by atoms with van der Waals surface area (Å²) < 4.78 is 32.6. The van der Waals surface area contributed by atoms with Gasteiger partial charge in [-0.15, -0.1) is 0 Å². The number of H-pyrrole nitrogens is 1. The maximum Gasteiger partial charge on any atom is 0.317 e. The van der Waals surface area contributed by atoms with Crippen LogP contribution in [0.25, 0.3) is 21.9 Å². The van der Waals surface area contributed by atoms with Gasteiger partial charge in [0.2, 0.25) is 0 Å². The van der Waals surface area contributed by atoms with Crippen LogP contribution in [-0.4, -0.2) is 64.7 Å². The minimum Gasteiger partial charge on any atom is -0.490 e. The molecule has 1 unspecified atom stereocenters. The predicted molar refractivity (Wildman–Crippen MR) is 141 cm³/mol. The standard InChI is InChI=1S/C28H30F2N6O2/c29-19-3-4-25(22(30)14-19)38-17-18-2-1-11-36(16-18)28(37)34-20-7-12-35(13-8-20)24-6-10-31-23-15-33-27-21(26(23)24)5-9-32-27/h3-6,9-10,14-15,18,20H,1-2,7-8,11-13,16-17H2,(H,32,33)(H,34,37). The van der Waals surface area contributed by atoms with E-state index in [0.717, 1.165) is 72.5 Å². The lowest BCUT2D eigenvalue weighted by molar-refractivity contribution is 0.133. The van der Waals surface area contributed by atoms with Gasteiger partial charge in [0.1, 0.15) is 11.5 Å². The van der Waals surface area contributed by atoms with E-state index in [-0.39, 0.29) is 30.3 Å². The quantitative estimate of drug-likeness (QED) is 0.393. The zero-order valence-electron chi connectivity index (χ0n) is 21.0. The third kappa shape index (κ3) is 4.94. The number of piperidine rings is 2. The number of pyridine rings is 2. The highest BCUT2D eigenvalue weighted by Crippen LogP contribution is 2.32. The molecule has 0 saturated carbocycles. The second-order valence-electron chi connectivity index (χ2n) is 10.1. The molecule has 0 bridgehead atoms. The van der Waals surface area contributed by atoms with Crippen molar-refractivity contribution in [1.29, 1.82) is 0 Å². The van der Waals surface area contributed by atoms with E-state index in [0.29, 0.717) is 13.1 Å². The minimum absolute atomic E-state index is 0.0372. The molecule has 1 atom stereocenters. The summed E-state index contributed by atoms with van der Waals surface area (Å²) in [5.41, 5.74) is 2.86. The number of rotatable bonds is 5. The first-order valence-electron chi connectivity index (χ1n) is 13.1. The highest BCUT2D eigenvalue weighted by Gasteiger charge is 2.28. The molecule has 198 valence electrons. The van der Waals surface area contributed by atoms with Crippen molar-refractivity contribution in [1.82, 2.24) is 25.2 Å². The second-order valence-corrected chi connectivity index (χ2v) is 10.1. The first-order chi connectivity index (χ1) is 18.5. The summed E-state index contributed by atoms with van der Waals surface area (Å²) in [6.07, 6.45) is 8.98. The third-order valence-electron chi connectivity index (χ3n) is 7.61. The summed E-state index contributed by atoms with van der Waals surface area (Å²) in [4.78, 5) is 29.4. The monoisotopic (exact) mass is 520 g/mol. The Morgan fingerprint density at radius 1 is 1.11 bits per heavy atom. The molecule has 8 nitrogen and oxygen atoms in total. The molecule has 2 fully saturated rings. The van der Waals surface area contributed by atoms with Crippen molar-refractivity contribution in [2.75, 3.05) is 37.7 Å². The summed E-state index contributed by atoms with van der Waals surface area (Å²) in [5.74, 6) is -1.21. The van der Waals surface area contributed by atoms with Gasteiger partial charge in [-0.3, -0.25) is 4.98 Å².